The minimum Gasteiger partial charge on any atom is -0.457 e. The van der Waals surface area contributed by atoms with Gasteiger partial charge in [-0.25, -0.2) is 12.7 Å². The van der Waals surface area contributed by atoms with Gasteiger partial charge in [-0.2, -0.15) is 0 Å². The third-order valence-electron chi connectivity index (χ3n) is 6.26. The molecule has 2 aliphatic heterocycles. The summed E-state index contributed by atoms with van der Waals surface area (Å²) in [6.07, 6.45) is 1.43. The van der Waals surface area contributed by atoms with Gasteiger partial charge >= 0.3 is 0 Å². The molecule has 9 heteroatoms. The van der Waals surface area contributed by atoms with Crippen molar-refractivity contribution >= 4 is 21.6 Å². The molecular formula is C25H27N3O5S. The molecule has 2 atom stereocenters. The van der Waals surface area contributed by atoms with Crippen LogP contribution in [0.4, 0.5) is 5.69 Å². The quantitative estimate of drug-likeness (QED) is 0.573. The first-order valence-corrected chi connectivity index (χ1v) is 12.7. The Morgan fingerprint density at radius 1 is 1.06 bits per heavy atom. The van der Waals surface area contributed by atoms with Crippen LogP contribution in [0.25, 0.3) is 11.3 Å². The third-order valence-corrected chi connectivity index (χ3v) is 8.09. The largest absolute Gasteiger partial charge is 0.457 e. The fraction of sp³-hybridized carbons (Fsp3) is 0.320. The van der Waals surface area contributed by atoms with Gasteiger partial charge in [0.25, 0.3) is 5.91 Å². The van der Waals surface area contributed by atoms with Gasteiger partial charge in [0, 0.05) is 38.5 Å². The molecule has 178 valence electrons. The second-order valence-electron chi connectivity index (χ2n) is 8.70. The molecule has 0 spiro atoms. The number of hydrogen-bond acceptors (Lipinski definition) is 6. The third kappa shape index (κ3) is 4.11. The van der Waals surface area contributed by atoms with Crippen molar-refractivity contribution in [1.29, 1.82) is 0 Å². The van der Waals surface area contributed by atoms with Crippen molar-refractivity contribution in [3.8, 4) is 11.3 Å². The second-order valence-corrected chi connectivity index (χ2v) is 10.9. The predicted molar refractivity (Wildman–Crippen MR) is 128 cm³/mol. The lowest BCUT2D eigenvalue weighted by atomic mass is 10.1. The molecule has 1 amide bonds. The maximum absolute atomic E-state index is 13.4. The molecule has 1 fully saturated rings. The lowest BCUT2D eigenvalue weighted by molar-refractivity contribution is 0.0403. The number of rotatable bonds is 6. The van der Waals surface area contributed by atoms with E-state index in [-0.39, 0.29) is 16.9 Å². The SMILES string of the molecule is CN(C)S(=O)(=O)c1ccc(-c2ccc([C@@H]3Nc4ccccc4C(=O)N3C[C@@H]3CCCO3)o2)cc1. The van der Waals surface area contributed by atoms with Crippen LogP contribution >= 0.6 is 0 Å². The molecule has 0 bridgehead atoms. The highest BCUT2D eigenvalue weighted by Crippen LogP contribution is 2.36. The zero-order valence-corrected chi connectivity index (χ0v) is 19.9. The van der Waals surface area contributed by atoms with Crippen LogP contribution in [-0.4, -0.2) is 56.9 Å². The number of nitrogens with zero attached hydrogens (tertiary/aromatic N) is 2. The van der Waals surface area contributed by atoms with Crippen molar-refractivity contribution in [2.45, 2.75) is 30.0 Å². The van der Waals surface area contributed by atoms with E-state index in [4.69, 9.17) is 9.15 Å². The summed E-state index contributed by atoms with van der Waals surface area (Å²) in [5.41, 5.74) is 2.13. The fourth-order valence-corrected chi connectivity index (χ4v) is 5.27. The van der Waals surface area contributed by atoms with Gasteiger partial charge < -0.3 is 19.4 Å². The van der Waals surface area contributed by atoms with E-state index in [1.807, 2.05) is 36.4 Å². The van der Waals surface area contributed by atoms with Crippen molar-refractivity contribution in [2.24, 2.45) is 0 Å². The minimum atomic E-state index is -3.50. The van der Waals surface area contributed by atoms with Gasteiger partial charge in [0.05, 0.1) is 16.6 Å². The number of furan rings is 1. The number of carbonyl (C=O) groups is 1. The van der Waals surface area contributed by atoms with Crippen LogP contribution in [0.3, 0.4) is 0 Å². The number of sulfonamides is 1. The molecule has 5 rings (SSSR count). The molecule has 0 unspecified atom stereocenters. The van der Waals surface area contributed by atoms with Crippen molar-refractivity contribution < 1.29 is 22.4 Å². The van der Waals surface area contributed by atoms with Gasteiger partial charge in [0.1, 0.15) is 11.5 Å². The van der Waals surface area contributed by atoms with E-state index in [0.717, 1.165) is 24.1 Å². The highest BCUT2D eigenvalue weighted by Gasteiger charge is 2.36. The smallest absolute Gasteiger partial charge is 0.258 e. The summed E-state index contributed by atoms with van der Waals surface area (Å²) in [7, 11) is -0.502. The average molecular weight is 482 g/mol. The lowest BCUT2D eigenvalue weighted by Gasteiger charge is -2.37. The fourth-order valence-electron chi connectivity index (χ4n) is 4.37. The Bertz CT molecular complexity index is 1290. The Kier molecular flexibility index (Phi) is 5.93. The molecule has 2 aromatic carbocycles. The Morgan fingerprint density at radius 3 is 2.53 bits per heavy atom. The molecule has 0 aliphatic carbocycles. The number of fused-ring (bicyclic) bond motifs is 1. The molecule has 0 radical (unpaired) electrons. The maximum atomic E-state index is 13.4. The predicted octanol–water partition coefficient (Wildman–Crippen LogP) is 3.94. The number of amides is 1. The van der Waals surface area contributed by atoms with Gasteiger partial charge in [0.2, 0.25) is 10.0 Å². The average Bonchev–Trinajstić information content (AvgIpc) is 3.53. The number of hydrogen-bond donors (Lipinski definition) is 1. The number of anilines is 1. The van der Waals surface area contributed by atoms with E-state index in [2.05, 4.69) is 5.32 Å². The van der Waals surface area contributed by atoms with Gasteiger partial charge in [-0.3, -0.25) is 4.79 Å². The van der Waals surface area contributed by atoms with Gasteiger partial charge in [0.15, 0.2) is 6.17 Å². The first-order chi connectivity index (χ1) is 16.3. The van der Waals surface area contributed by atoms with Crippen LogP contribution in [0.5, 0.6) is 0 Å². The van der Waals surface area contributed by atoms with E-state index >= 15 is 0 Å². The van der Waals surface area contributed by atoms with Crippen molar-refractivity contribution in [1.82, 2.24) is 9.21 Å². The number of carbonyl (C=O) groups excluding carboxylic acids is 1. The minimum absolute atomic E-state index is 0.000801. The number of benzene rings is 2. The number of nitrogens with one attached hydrogen (secondary N) is 1. The summed E-state index contributed by atoms with van der Waals surface area (Å²) >= 11 is 0. The number of para-hydroxylation sites is 1. The highest BCUT2D eigenvalue weighted by molar-refractivity contribution is 7.89. The summed E-state index contributed by atoms with van der Waals surface area (Å²) in [4.78, 5) is 15.4. The van der Waals surface area contributed by atoms with E-state index in [1.54, 1.807) is 29.2 Å². The maximum Gasteiger partial charge on any atom is 0.258 e. The first kappa shape index (κ1) is 22.6. The Hall–Kier alpha value is -3.14. The standard InChI is InChI=1S/C25H27N3O5S/c1-27(2)34(30,31)19-11-9-17(10-12-19)22-13-14-23(33-22)24-26-21-8-4-3-7-20(21)25(29)28(24)16-18-6-5-15-32-18/h3-4,7-14,18,24,26H,5-6,15-16H2,1-2H3/t18-,24+/m0/s1. The van der Waals surface area contributed by atoms with Gasteiger partial charge in [-0.1, -0.05) is 12.1 Å². The molecule has 34 heavy (non-hydrogen) atoms. The van der Waals surface area contributed by atoms with Crippen LogP contribution in [0.15, 0.2) is 70.0 Å². The summed E-state index contributed by atoms with van der Waals surface area (Å²) < 4.78 is 37.9. The summed E-state index contributed by atoms with van der Waals surface area (Å²) in [6.45, 7) is 1.18. The lowest BCUT2D eigenvalue weighted by Crippen LogP contribution is -2.46. The molecule has 2 aliphatic rings. The zero-order valence-electron chi connectivity index (χ0n) is 19.1. The zero-order chi connectivity index (χ0) is 23.9. The second kappa shape index (κ2) is 8.90. The molecule has 1 N–H and O–H groups in total. The summed E-state index contributed by atoms with van der Waals surface area (Å²) in [5, 5.41) is 3.44. The van der Waals surface area contributed by atoms with Crippen molar-refractivity contribution in [3.63, 3.8) is 0 Å². The summed E-state index contributed by atoms with van der Waals surface area (Å²) in [6, 6.07) is 17.7. The molecular weight excluding hydrogens is 454 g/mol. The monoisotopic (exact) mass is 481 g/mol. The molecule has 3 heterocycles. The molecule has 1 aromatic heterocycles. The van der Waals surface area contributed by atoms with Crippen LogP contribution in [-0.2, 0) is 14.8 Å². The summed E-state index contributed by atoms with van der Waals surface area (Å²) in [5.74, 6) is 1.13. The first-order valence-electron chi connectivity index (χ1n) is 11.3. The van der Waals surface area contributed by atoms with Gasteiger partial charge in [-0.15, -0.1) is 0 Å². The van der Waals surface area contributed by atoms with E-state index < -0.39 is 16.2 Å². The van der Waals surface area contributed by atoms with E-state index in [0.29, 0.717) is 30.2 Å². The molecule has 8 nitrogen and oxygen atoms in total. The topological polar surface area (TPSA) is 92.1 Å². The Balaban J connectivity index is 1.45. The normalized spacial score (nSPS) is 20.4. The Morgan fingerprint density at radius 2 is 1.82 bits per heavy atom. The van der Waals surface area contributed by atoms with E-state index in [9.17, 15) is 13.2 Å². The number of ether oxygens (including phenoxy) is 1. The molecule has 1 saturated heterocycles. The Labute approximate surface area is 199 Å². The van der Waals surface area contributed by atoms with Crippen molar-refractivity contribution in [3.05, 3.63) is 72.0 Å². The van der Waals surface area contributed by atoms with Crippen LogP contribution in [0.2, 0.25) is 0 Å². The molecule has 3 aromatic rings. The van der Waals surface area contributed by atoms with Crippen LogP contribution in [0, 0.1) is 0 Å². The van der Waals surface area contributed by atoms with Gasteiger partial charge in [-0.05, 0) is 61.4 Å². The van der Waals surface area contributed by atoms with Crippen LogP contribution < -0.4 is 5.32 Å². The van der Waals surface area contributed by atoms with Crippen molar-refractivity contribution in [2.75, 3.05) is 32.6 Å². The van der Waals surface area contributed by atoms with Crippen LogP contribution in [0.1, 0.15) is 35.1 Å². The highest BCUT2D eigenvalue weighted by atomic mass is 32.2. The molecule has 0 saturated carbocycles. The van der Waals surface area contributed by atoms with E-state index in [1.165, 1.54) is 18.4 Å².